The van der Waals surface area contributed by atoms with Crippen molar-refractivity contribution in [1.29, 1.82) is 0 Å². The number of hydrogen-bond donors (Lipinski definition) is 1. The zero-order chi connectivity index (χ0) is 29.2. The topological polar surface area (TPSA) is 150 Å². The summed E-state index contributed by atoms with van der Waals surface area (Å²) in [5.74, 6) is 0.226. The monoisotopic (exact) mass is 581 g/mol. The molecule has 1 N–H and O–H groups in total. The molecule has 41 heavy (non-hydrogen) atoms. The molecule has 6 rings (SSSR count). The number of carbonyl (C=O) groups excluding carboxylic acids is 2. The van der Waals surface area contributed by atoms with Crippen LogP contribution < -0.4 is 21.5 Å². The summed E-state index contributed by atoms with van der Waals surface area (Å²) in [6, 6.07) is -0.883. The van der Waals surface area contributed by atoms with E-state index in [2.05, 4.69) is 25.3 Å². The first kappa shape index (κ1) is 26.9. The second-order valence-corrected chi connectivity index (χ2v) is 11.6. The van der Waals surface area contributed by atoms with Crippen LogP contribution in [0.2, 0.25) is 0 Å². The van der Waals surface area contributed by atoms with E-state index in [1.54, 1.807) is 38.5 Å². The highest BCUT2D eigenvalue weighted by atomic mass is 32.1. The van der Waals surface area contributed by atoms with Crippen LogP contribution in [-0.4, -0.2) is 64.1 Å². The van der Waals surface area contributed by atoms with Crippen molar-refractivity contribution in [3.05, 3.63) is 44.9 Å². The van der Waals surface area contributed by atoms with Gasteiger partial charge in [0.05, 0.1) is 12.9 Å². The first-order chi connectivity index (χ1) is 19.5. The number of piperidine rings is 1. The van der Waals surface area contributed by atoms with Crippen LogP contribution in [0.4, 0.5) is 16.2 Å². The highest BCUT2D eigenvalue weighted by Gasteiger charge is 2.67. The molecule has 2 fully saturated rings. The predicted octanol–water partition coefficient (Wildman–Crippen LogP) is 1.78. The van der Waals surface area contributed by atoms with Gasteiger partial charge in [0.25, 0.3) is 5.56 Å². The Morgan fingerprint density at radius 1 is 1.20 bits per heavy atom. The van der Waals surface area contributed by atoms with Gasteiger partial charge in [0.1, 0.15) is 22.5 Å². The highest BCUT2D eigenvalue weighted by molar-refractivity contribution is 7.13. The van der Waals surface area contributed by atoms with Gasteiger partial charge in [-0.05, 0) is 13.8 Å². The first-order valence-electron chi connectivity index (χ1n) is 13.2. The van der Waals surface area contributed by atoms with E-state index in [-0.39, 0.29) is 41.7 Å². The number of rotatable bonds is 8. The number of anilines is 2. The number of carbonyl (C=O) groups is 2. The number of nitrogens with zero attached hydrogens (tertiary/aromatic N) is 8. The van der Waals surface area contributed by atoms with Crippen molar-refractivity contribution in [2.75, 3.05) is 23.3 Å². The number of hydrogen-bond acceptors (Lipinski definition) is 10. The molecule has 0 aromatic carbocycles. The van der Waals surface area contributed by atoms with Crippen molar-refractivity contribution in [3.8, 4) is 10.6 Å². The van der Waals surface area contributed by atoms with E-state index in [4.69, 9.17) is 0 Å². The Balaban J connectivity index is 1.18. The normalized spacial score (nSPS) is 22.1. The molecule has 0 radical (unpaired) electrons. The Hall–Kier alpha value is -4.27. The Bertz CT molecular complexity index is 1790. The summed E-state index contributed by atoms with van der Waals surface area (Å²) in [4.78, 5) is 70.5. The molecule has 4 aromatic rings. The summed E-state index contributed by atoms with van der Waals surface area (Å²) >= 11 is 1.31. The molecule has 1 saturated heterocycles. The number of ketones is 1. The number of fused-ring (bicyclic) bond motifs is 2. The molecule has 15 heteroatoms. The van der Waals surface area contributed by atoms with Gasteiger partial charge in [-0.25, -0.2) is 29.1 Å². The summed E-state index contributed by atoms with van der Waals surface area (Å²) < 4.78 is 17.6. The molecule has 0 spiro atoms. The molecule has 13 nitrogen and oxygen atoms in total. The van der Waals surface area contributed by atoms with Crippen molar-refractivity contribution in [2.45, 2.75) is 45.4 Å². The molecule has 5 heterocycles. The molecule has 2 unspecified atom stereocenters. The Morgan fingerprint density at radius 3 is 2.54 bits per heavy atom. The maximum atomic E-state index is 14.1. The lowest BCUT2D eigenvalue weighted by molar-refractivity contribution is -0.120. The number of nitrogens with one attached hydrogen (secondary N) is 1. The number of aromatic nitrogens is 7. The zero-order valence-corrected chi connectivity index (χ0v) is 23.7. The number of Topliss-reactive ketones (excluding diaryl/α,β-unsaturated/α-hetero) is 1. The van der Waals surface area contributed by atoms with Gasteiger partial charge in [-0.2, -0.15) is 0 Å². The average Bonchev–Trinajstić information content (AvgIpc) is 3.55. The molecule has 1 amide bonds. The molecule has 1 aliphatic heterocycles. The number of thiazole rings is 1. The lowest BCUT2D eigenvalue weighted by atomic mass is 10.2. The van der Waals surface area contributed by atoms with E-state index in [1.807, 2.05) is 4.90 Å². The smallest absolute Gasteiger partial charge is 0.332 e. The molecule has 0 bridgehead atoms. The van der Waals surface area contributed by atoms with Crippen LogP contribution in [0.15, 0.2) is 33.7 Å². The van der Waals surface area contributed by atoms with Crippen molar-refractivity contribution in [1.82, 2.24) is 33.6 Å². The maximum Gasteiger partial charge on any atom is 0.332 e. The summed E-state index contributed by atoms with van der Waals surface area (Å²) in [6.45, 7) is 5.75. The lowest BCUT2D eigenvalue weighted by Gasteiger charge is -2.20. The van der Waals surface area contributed by atoms with E-state index in [0.717, 1.165) is 4.57 Å². The molecular formula is C26H28FN9O4S. The molecule has 214 valence electrons. The summed E-state index contributed by atoms with van der Waals surface area (Å²) in [6.07, 6.45) is 4.82. The van der Waals surface area contributed by atoms with Crippen molar-refractivity contribution in [2.24, 2.45) is 18.9 Å². The third-order valence-corrected chi connectivity index (χ3v) is 9.06. The second kappa shape index (κ2) is 9.68. The third kappa shape index (κ3) is 4.44. The van der Waals surface area contributed by atoms with Crippen LogP contribution in [0.5, 0.6) is 0 Å². The Kier molecular flexibility index (Phi) is 6.36. The van der Waals surface area contributed by atoms with Gasteiger partial charge in [0.15, 0.2) is 16.9 Å². The quantitative estimate of drug-likeness (QED) is 0.328. The summed E-state index contributed by atoms with van der Waals surface area (Å²) in [5, 5.41) is 5.04. The van der Waals surface area contributed by atoms with Crippen molar-refractivity contribution in [3.63, 3.8) is 0 Å². The van der Waals surface area contributed by atoms with Crippen LogP contribution in [0.1, 0.15) is 33.2 Å². The minimum absolute atomic E-state index is 0.0387. The largest absolute Gasteiger partial charge is 0.340 e. The van der Waals surface area contributed by atoms with Crippen molar-refractivity contribution >= 4 is 46.0 Å². The second-order valence-electron chi connectivity index (χ2n) is 10.7. The predicted molar refractivity (Wildman–Crippen MR) is 150 cm³/mol. The molecular weight excluding hydrogens is 553 g/mol. The molecule has 4 aromatic heterocycles. The Labute approximate surface area is 236 Å². The van der Waals surface area contributed by atoms with E-state index in [1.165, 1.54) is 33.8 Å². The minimum atomic E-state index is -1.08. The van der Waals surface area contributed by atoms with E-state index >= 15 is 0 Å². The molecule has 3 atom stereocenters. The van der Waals surface area contributed by atoms with Crippen molar-refractivity contribution < 1.29 is 14.0 Å². The number of imidazole rings is 1. The molecule has 1 aliphatic carbocycles. The van der Waals surface area contributed by atoms with Crippen LogP contribution in [-0.2, 0) is 23.2 Å². The van der Waals surface area contributed by atoms with Crippen LogP contribution >= 0.6 is 11.3 Å². The summed E-state index contributed by atoms with van der Waals surface area (Å²) in [7, 11) is 1.46. The van der Waals surface area contributed by atoms with E-state index in [9.17, 15) is 23.6 Å². The standard InChI is InChI=1S/C26H28FN9O4S/c1-5-15(37)8-35-23(39)19-20(33(4)25(35)40)30-12-36(19)13(2)21(38)31-18-11-41-22(32-18)14-6-28-24(29-7-14)34-9-16-17(10-34)26(16,3)27/h6-7,11-13,16-17H,5,8-10H2,1-4H3,(H,31,38)/t13-,16?,17?,26?/m0/s1. The van der Waals surface area contributed by atoms with Gasteiger partial charge in [-0.15, -0.1) is 11.3 Å². The highest BCUT2D eigenvalue weighted by Crippen LogP contribution is 2.58. The average molecular weight is 582 g/mol. The maximum absolute atomic E-state index is 14.1. The van der Waals surface area contributed by atoms with Crippen LogP contribution in [0, 0.1) is 11.8 Å². The lowest BCUT2D eigenvalue weighted by Crippen LogP contribution is -2.41. The van der Waals surface area contributed by atoms with Gasteiger partial charge in [-0.1, -0.05) is 6.92 Å². The SMILES string of the molecule is CCC(=O)Cn1c(=O)c2c(ncn2[C@@H](C)C(=O)Nc2csc(-c3cnc(N4CC5C(C4)C5(C)F)nc3)n2)n(C)c1=O. The van der Waals surface area contributed by atoms with Gasteiger partial charge in [-0.3, -0.25) is 23.5 Å². The number of amides is 1. The van der Waals surface area contributed by atoms with Crippen LogP contribution in [0.3, 0.4) is 0 Å². The van der Waals surface area contributed by atoms with Gasteiger partial charge < -0.3 is 14.8 Å². The van der Waals surface area contributed by atoms with E-state index in [0.29, 0.717) is 35.4 Å². The first-order valence-corrected chi connectivity index (χ1v) is 14.1. The Morgan fingerprint density at radius 2 is 1.88 bits per heavy atom. The zero-order valence-electron chi connectivity index (χ0n) is 22.9. The van der Waals surface area contributed by atoms with Gasteiger partial charge in [0.2, 0.25) is 11.9 Å². The number of alkyl halides is 1. The fraction of sp³-hybridized carbons (Fsp3) is 0.462. The fourth-order valence-electron chi connectivity index (χ4n) is 5.41. The molecule has 1 saturated carbocycles. The van der Waals surface area contributed by atoms with Gasteiger partial charge in [0, 0.05) is 61.7 Å². The summed E-state index contributed by atoms with van der Waals surface area (Å²) in [5.41, 5.74) is -1.58. The number of aryl methyl sites for hydroxylation is 1. The van der Waals surface area contributed by atoms with E-state index < -0.39 is 28.9 Å². The van der Waals surface area contributed by atoms with Crippen LogP contribution in [0.25, 0.3) is 21.7 Å². The minimum Gasteiger partial charge on any atom is -0.340 e. The van der Waals surface area contributed by atoms with Gasteiger partial charge >= 0.3 is 5.69 Å². The fourth-order valence-corrected chi connectivity index (χ4v) is 6.14. The third-order valence-electron chi connectivity index (χ3n) is 8.17. The molecule has 2 aliphatic rings. The number of halogens is 1.